The number of hydrogen-bond acceptors (Lipinski definition) is 11. The lowest BCUT2D eigenvalue weighted by Crippen LogP contribution is -2.42. The smallest absolute Gasteiger partial charge is 0.249 e. The minimum absolute atomic E-state index is 0.0418. The summed E-state index contributed by atoms with van der Waals surface area (Å²) in [7, 11) is 0. The monoisotopic (exact) mass is 379 g/mol. The highest BCUT2D eigenvalue weighted by Gasteiger charge is 2.17. The van der Waals surface area contributed by atoms with Crippen LogP contribution in [-0.4, -0.2) is 57.5 Å². The topological polar surface area (TPSA) is 147 Å². The molecule has 0 amide bonds. The number of rotatable bonds is 6. The van der Waals surface area contributed by atoms with Crippen LogP contribution in [0.15, 0.2) is 35.3 Å². The number of anilines is 3. The summed E-state index contributed by atoms with van der Waals surface area (Å²) in [5.74, 6) is 1.27. The fourth-order valence-corrected chi connectivity index (χ4v) is 2.64. The van der Waals surface area contributed by atoms with Gasteiger partial charge in [-0.1, -0.05) is 0 Å². The molecule has 28 heavy (non-hydrogen) atoms. The van der Waals surface area contributed by atoms with Crippen molar-refractivity contribution in [3.8, 4) is 17.7 Å². The third kappa shape index (κ3) is 4.20. The molecule has 11 nitrogen and oxygen atoms in total. The molecule has 0 aromatic carbocycles. The molecule has 0 radical (unpaired) electrons. The lowest BCUT2D eigenvalue weighted by Gasteiger charge is -2.24. The predicted octanol–water partition coefficient (Wildman–Crippen LogP) is 0.937. The number of ether oxygens (including phenoxy) is 1. The van der Waals surface area contributed by atoms with Crippen molar-refractivity contribution in [1.82, 2.24) is 30.5 Å². The van der Waals surface area contributed by atoms with Crippen LogP contribution in [0.4, 0.5) is 17.3 Å². The standard InChI is InChI=1S/C17H17N9O2/c18-6-11-7-23-15(10-21-11)24-14-5-13(22-9-12-8-19-1-3-27-12)16(26-25-14)17-20-2-4-28-17/h2,4-5,7,10,12,19H,1,3,8-9H2,(H2,22,23,24,25). The summed E-state index contributed by atoms with van der Waals surface area (Å²) in [6, 6.07) is 3.70. The van der Waals surface area contributed by atoms with E-state index in [2.05, 4.69) is 41.1 Å². The van der Waals surface area contributed by atoms with Crippen molar-refractivity contribution in [2.45, 2.75) is 6.10 Å². The average Bonchev–Trinajstić information content (AvgIpc) is 3.28. The molecule has 3 N–H and O–H groups in total. The Morgan fingerprint density at radius 2 is 2.18 bits per heavy atom. The van der Waals surface area contributed by atoms with Gasteiger partial charge in [0.25, 0.3) is 0 Å². The molecule has 0 bridgehead atoms. The van der Waals surface area contributed by atoms with Crippen LogP contribution in [0.2, 0.25) is 0 Å². The molecule has 11 heteroatoms. The molecule has 1 fully saturated rings. The number of hydrogen-bond donors (Lipinski definition) is 3. The van der Waals surface area contributed by atoms with Crippen molar-refractivity contribution in [3.63, 3.8) is 0 Å². The zero-order chi connectivity index (χ0) is 19.2. The van der Waals surface area contributed by atoms with Crippen molar-refractivity contribution < 1.29 is 9.15 Å². The lowest BCUT2D eigenvalue weighted by atomic mass is 10.2. The number of nitrogens with one attached hydrogen (secondary N) is 3. The van der Waals surface area contributed by atoms with Crippen LogP contribution in [0.1, 0.15) is 5.69 Å². The summed E-state index contributed by atoms with van der Waals surface area (Å²) >= 11 is 0. The van der Waals surface area contributed by atoms with Gasteiger partial charge in [0.05, 0.1) is 37.0 Å². The Morgan fingerprint density at radius 3 is 2.89 bits per heavy atom. The van der Waals surface area contributed by atoms with Gasteiger partial charge in [-0.2, -0.15) is 5.26 Å². The van der Waals surface area contributed by atoms with E-state index in [1.807, 2.05) is 6.07 Å². The molecule has 4 heterocycles. The zero-order valence-electron chi connectivity index (χ0n) is 14.8. The molecule has 3 aromatic heterocycles. The Hall–Kier alpha value is -3.62. The number of aromatic nitrogens is 5. The van der Waals surface area contributed by atoms with Crippen molar-refractivity contribution in [1.29, 1.82) is 5.26 Å². The van der Waals surface area contributed by atoms with Crippen LogP contribution in [0, 0.1) is 11.3 Å². The molecular formula is C17H17N9O2. The first-order chi connectivity index (χ1) is 13.8. The van der Waals surface area contributed by atoms with E-state index in [-0.39, 0.29) is 11.8 Å². The fourth-order valence-electron chi connectivity index (χ4n) is 2.64. The van der Waals surface area contributed by atoms with Crippen LogP contribution >= 0.6 is 0 Å². The average molecular weight is 379 g/mol. The molecule has 142 valence electrons. The van der Waals surface area contributed by atoms with Gasteiger partial charge in [0.2, 0.25) is 5.89 Å². The fraction of sp³-hybridized carbons (Fsp3) is 0.294. The molecule has 1 aliphatic heterocycles. The molecule has 4 rings (SSSR count). The third-order valence-corrected chi connectivity index (χ3v) is 3.98. The highest BCUT2D eigenvalue weighted by molar-refractivity contribution is 5.71. The van der Waals surface area contributed by atoms with Gasteiger partial charge in [-0.3, -0.25) is 0 Å². The first-order valence-electron chi connectivity index (χ1n) is 8.65. The molecule has 0 saturated carbocycles. The Bertz CT molecular complexity index is 948. The van der Waals surface area contributed by atoms with Gasteiger partial charge in [0, 0.05) is 25.7 Å². The molecule has 0 aliphatic carbocycles. The zero-order valence-corrected chi connectivity index (χ0v) is 14.8. The minimum Gasteiger partial charge on any atom is -0.443 e. The minimum atomic E-state index is 0.0418. The van der Waals surface area contributed by atoms with Crippen LogP contribution in [-0.2, 0) is 4.74 Å². The van der Waals surface area contributed by atoms with E-state index in [9.17, 15) is 0 Å². The van der Waals surface area contributed by atoms with Crippen LogP contribution in [0.5, 0.6) is 0 Å². The SMILES string of the molecule is N#Cc1cnc(Nc2cc(NCC3CNCCO3)c(-c3ncco3)nn2)cn1. The van der Waals surface area contributed by atoms with Gasteiger partial charge in [0.1, 0.15) is 18.2 Å². The molecule has 1 saturated heterocycles. The van der Waals surface area contributed by atoms with Crippen molar-refractivity contribution in [2.24, 2.45) is 0 Å². The van der Waals surface area contributed by atoms with Gasteiger partial charge in [0.15, 0.2) is 17.2 Å². The maximum absolute atomic E-state index is 8.81. The van der Waals surface area contributed by atoms with Crippen LogP contribution in [0.25, 0.3) is 11.6 Å². The quantitative estimate of drug-likeness (QED) is 0.562. The van der Waals surface area contributed by atoms with E-state index in [1.165, 1.54) is 18.7 Å². The van der Waals surface area contributed by atoms with Gasteiger partial charge in [-0.05, 0) is 0 Å². The molecule has 1 unspecified atom stereocenters. The highest BCUT2D eigenvalue weighted by atomic mass is 16.5. The number of nitriles is 1. The second-order valence-electron chi connectivity index (χ2n) is 5.93. The number of oxazole rings is 1. The van der Waals surface area contributed by atoms with Crippen LogP contribution in [0.3, 0.4) is 0 Å². The third-order valence-electron chi connectivity index (χ3n) is 3.98. The van der Waals surface area contributed by atoms with Gasteiger partial charge >= 0.3 is 0 Å². The summed E-state index contributed by atoms with van der Waals surface area (Å²) in [4.78, 5) is 12.2. The highest BCUT2D eigenvalue weighted by Crippen LogP contribution is 2.26. The maximum atomic E-state index is 8.81. The Morgan fingerprint density at radius 1 is 1.21 bits per heavy atom. The van der Waals surface area contributed by atoms with E-state index in [0.717, 1.165) is 13.1 Å². The summed E-state index contributed by atoms with van der Waals surface area (Å²) in [5, 5.41) is 26.8. The van der Waals surface area contributed by atoms with Crippen molar-refractivity contribution >= 4 is 17.3 Å². The maximum Gasteiger partial charge on any atom is 0.249 e. The Labute approximate surface area is 160 Å². The largest absolute Gasteiger partial charge is 0.443 e. The van der Waals surface area contributed by atoms with Gasteiger partial charge < -0.3 is 25.1 Å². The van der Waals surface area contributed by atoms with E-state index in [0.29, 0.717) is 42.1 Å². The van der Waals surface area contributed by atoms with Gasteiger partial charge in [-0.15, -0.1) is 10.2 Å². The normalized spacial score (nSPS) is 16.3. The summed E-state index contributed by atoms with van der Waals surface area (Å²) in [6.45, 7) is 2.89. The van der Waals surface area contributed by atoms with E-state index < -0.39 is 0 Å². The first-order valence-corrected chi connectivity index (χ1v) is 8.65. The second-order valence-corrected chi connectivity index (χ2v) is 5.93. The number of morpholine rings is 1. The number of nitrogens with zero attached hydrogens (tertiary/aromatic N) is 6. The predicted molar refractivity (Wildman–Crippen MR) is 98.7 cm³/mol. The second kappa shape index (κ2) is 8.38. The summed E-state index contributed by atoms with van der Waals surface area (Å²) in [5.41, 5.74) is 1.42. The Balaban J connectivity index is 1.55. The summed E-state index contributed by atoms with van der Waals surface area (Å²) in [6.07, 6.45) is 5.90. The van der Waals surface area contributed by atoms with Crippen molar-refractivity contribution in [3.05, 3.63) is 36.6 Å². The molecular weight excluding hydrogens is 362 g/mol. The molecule has 1 aliphatic rings. The van der Waals surface area contributed by atoms with E-state index in [1.54, 1.807) is 12.3 Å². The Kier molecular flexibility index (Phi) is 5.32. The molecule has 1 atom stereocenters. The molecule has 0 spiro atoms. The summed E-state index contributed by atoms with van der Waals surface area (Å²) < 4.78 is 11.1. The van der Waals surface area contributed by atoms with Crippen molar-refractivity contribution in [2.75, 3.05) is 36.9 Å². The lowest BCUT2D eigenvalue weighted by molar-refractivity contribution is 0.0372. The van der Waals surface area contributed by atoms with Crippen LogP contribution < -0.4 is 16.0 Å². The molecule has 3 aromatic rings. The van der Waals surface area contributed by atoms with E-state index >= 15 is 0 Å². The van der Waals surface area contributed by atoms with Gasteiger partial charge in [-0.25, -0.2) is 15.0 Å². The van der Waals surface area contributed by atoms with E-state index in [4.69, 9.17) is 14.4 Å². The first kappa shape index (κ1) is 17.8.